The molecular weight excluding hydrogens is 306 g/mol. The summed E-state index contributed by atoms with van der Waals surface area (Å²) in [5.74, 6) is 0. The number of hydrazone groups is 1. The zero-order valence-electron chi connectivity index (χ0n) is 12.2. The summed E-state index contributed by atoms with van der Waals surface area (Å²) in [5, 5.41) is 11.8. The predicted octanol–water partition coefficient (Wildman–Crippen LogP) is 1.97. The molecule has 0 saturated carbocycles. The first-order valence-corrected chi connectivity index (χ1v) is 7.91. The van der Waals surface area contributed by atoms with Crippen LogP contribution >= 0.6 is 0 Å². The third-order valence-corrected chi connectivity index (χ3v) is 4.76. The topological polar surface area (TPSA) is 112 Å². The van der Waals surface area contributed by atoms with Gasteiger partial charge in [0.2, 0.25) is 4.93 Å². The van der Waals surface area contributed by atoms with Gasteiger partial charge in [-0.2, -0.15) is 13.5 Å². The van der Waals surface area contributed by atoms with Crippen LogP contribution in [0.2, 0.25) is 0 Å². The standard InChI is InChI=1S/C14H17N3O4S/c1-10-3-5-11(6-4-10)16-17-12-7-8-13(15)14(9-12,21-2)22(18,19)20/h3-8,15-16H,9H2,1-2H3,(H,18,19,20). The van der Waals surface area contributed by atoms with Crippen molar-refractivity contribution in [2.24, 2.45) is 5.10 Å². The van der Waals surface area contributed by atoms with E-state index in [-0.39, 0.29) is 12.1 Å². The van der Waals surface area contributed by atoms with Gasteiger partial charge in [0.05, 0.1) is 17.1 Å². The highest BCUT2D eigenvalue weighted by Gasteiger charge is 2.49. The Labute approximate surface area is 128 Å². The smallest absolute Gasteiger partial charge is 0.301 e. The minimum absolute atomic E-state index is 0.253. The Bertz CT molecular complexity index is 738. The SMILES string of the molecule is COC1(S(=O)(=O)O)CC(=NNc2ccc(C)cc2)C=CC1=N. The number of ether oxygens (including phenoxy) is 1. The first kappa shape index (κ1) is 16.3. The number of rotatable bonds is 4. The van der Waals surface area contributed by atoms with Crippen molar-refractivity contribution in [1.29, 1.82) is 5.41 Å². The lowest BCUT2D eigenvalue weighted by Gasteiger charge is -2.30. The van der Waals surface area contributed by atoms with Crippen molar-refractivity contribution < 1.29 is 17.7 Å². The number of nitrogens with one attached hydrogen (secondary N) is 2. The van der Waals surface area contributed by atoms with Crippen LogP contribution < -0.4 is 5.43 Å². The van der Waals surface area contributed by atoms with Crippen LogP contribution in [0, 0.1) is 12.3 Å². The van der Waals surface area contributed by atoms with Gasteiger partial charge in [-0.3, -0.25) is 9.98 Å². The summed E-state index contributed by atoms with van der Waals surface area (Å²) in [7, 11) is -3.48. The molecule has 1 aromatic rings. The number of aryl methyl sites for hydroxylation is 1. The summed E-state index contributed by atoms with van der Waals surface area (Å²) >= 11 is 0. The summed E-state index contributed by atoms with van der Waals surface area (Å²) in [6, 6.07) is 7.49. The average molecular weight is 323 g/mol. The Hall–Kier alpha value is -2.03. The molecular formula is C14H17N3O4S. The molecule has 3 N–H and O–H groups in total. The predicted molar refractivity (Wildman–Crippen MR) is 85.0 cm³/mol. The molecule has 0 spiro atoms. The molecule has 0 saturated heterocycles. The van der Waals surface area contributed by atoms with Crippen LogP contribution in [0.3, 0.4) is 0 Å². The van der Waals surface area contributed by atoms with Crippen molar-refractivity contribution in [3.63, 3.8) is 0 Å². The zero-order chi connectivity index (χ0) is 16.4. The van der Waals surface area contributed by atoms with Gasteiger partial charge in [0.15, 0.2) is 0 Å². The molecule has 0 heterocycles. The largest absolute Gasteiger partial charge is 0.355 e. The van der Waals surface area contributed by atoms with Gasteiger partial charge in [-0.05, 0) is 31.2 Å². The van der Waals surface area contributed by atoms with Crippen LogP contribution in [0.15, 0.2) is 41.5 Å². The van der Waals surface area contributed by atoms with E-state index in [2.05, 4.69) is 10.5 Å². The van der Waals surface area contributed by atoms with E-state index >= 15 is 0 Å². The maximum atomic E-state index is 11.6. The summed E-state index contributed by atoms with van der Waals surface area (Å²) in [5.41, 5.74) is 4.65. The molecule has 8 heteroatoms. The highest BCUT2D eigenvalue weighted by Crippen LogP contribution is 2.28. The molecule has 0 bridgehead atoms. The Morgan fingerprint density at radius 3 is 2.50 bits per heavy atom. The van der Waals surface area contributed by atoms with Gasteiger partial charge in [-0.25, -0.2) is 0 Å². The number of methoxy groups -OCH3 is 1. The van der Waals surface area contributed by atoms with Crippen LogP contribution in [0.1, 0.15) is 12.0 Å². The Balaban J connectivity index is 2.27. The van der Waals surface area contributed by atoms with E-state index in [1.807, 2.05) is 31.2 Å². The number of anilines is 1. The Morgan fingerprint density at radius 1 is 1.32 bits per heavy atom. The van der Waals surface area contributed by atoms with Gasteiger partial charge in [-0.1, -0.05) is 17.7 Å². The van der Waals surface area contributed by atoms with Gasteiger partial charge >= 0.3 is 10.1 Å². The summed E-state index contributed by atoms with van der Waals surface area (Å²) < 4.78 is 37.5. The second-order valence-corrected chi connectivity index (χ2v) is 6.55. The lowest BCUT2D eigenvalue weighted by molar-refractivity contribution is 0.114. The fraction of sp³-hybridized carbons (Fsp3) is 0.286. The maximum absolute atomic E-state index is 11.6. The lowest BCUT2D eigenvalue weighted by Crippen LogP contribution is -2.50. The van der Waals surface area contributed by atoms with E-state index in [1.54, 1.807) is 0 Å². The van der Waals surface area contributed by atoms with Crippen molar-refractivity contribution in [1.82, 2.24) is 0 Å². The number of benzene rings is 1. The second-order valence-electron chi connectivity index (χ2n) is 4.94. The molecule has 7 nitrogen and oxygen atoms in total. The van der Waals surface area contributed by atoms with E-state index in [0.29, 0.717) is 5.71 Å². The van der Waals surface area contributed by atoms with Gasteiger partial charge in [0.1, 0.15) is 0 Å². The molecule has 0 fully saturated rings. The number of allylic oxidation sites excluding steroid dienone is 1. The van der Waals surface area contributed by atoms with Gasteiger partial charge < -0.3 is 10.1 Å². The fourth-order valence-corrected chi connectivity index (χ4v) is 2.94. The van der Waals surface area contributed by atoms with Gasteiger partial charge in [-0.15, -0.1) is 0 Å². The second kappa shape index (κ2) is 5.99. The normalized spacial score (nSPS) is 23.8. The van der Waals surface area contributed by atoms with E-state index in [9.17, 15) is 13.0 Å². The first-order chi connectivity index (χ1) is 10.3. The molecule has 2 rings (SSSR count). The van der Waals surface area contributed by atoms with Crippen LogP contribution in [0.25, 0.3) is 0 Å². The molecule has 0 aromatic heterocycles. The van der Waals surface area contributed by atoms with Crippen molar-refractivity contribution in [2.45, 2.75) is 18.3 Å². The zero-order valence-corrected chi connectivity index (χ0v) is 13.0. The minimum atomic E-state index is -4.61. The monoisotopic (exact) mass is 323 g/mol. The van der Waals surface area contributed by atoms with Crippen molar-refractivity contribution in [2.75, 3.05) is 12.5 Å². The van der Waals surface area contributed by atoms with Gasteiger partial charge in [0.25, 0.3) is 0 Å². The molecule has 1 atom stereocenters. The molecule has 1 aliphatic carbocycles. The van der Waals surface area contributed by atoms with Crippen molar-refractivity contribution in [3.8, 4) is 0 Å². The Morgan fingerprint density at radius 2 is 1.95 bits per heavy atom. The molecule has 118 valence electrons. The van der Waals surface area contributed by atoms with Crippen LogP contribution in [-0.2, 0) is 14.9 Å². The van der Waals surface area contributed by atoms with Crippen molar-refractivity contribution in [3.05, 3.63) is 42.0 Å². The third-order valence-electron chi connectivity index (χ3n) is 3.39. The summed E-state index contributed by atoms with van der Waals surface area (Å²) in [4.78, 5) is -2.12. The number of hydrogen-bond acceptors (Lipinski definition) is 6. The fourth-order valence-electron chi connectivity index (χ4n) is 2.06. The molecule has 0 aliphatic heterocycles. The Kier molecular flexibility index (Phi) is 4.45. The number of nitrogens with zero attached hydrogens (tertiary/aromatic N) is 1. The quantitative estimate of drug-likeness (QED) is 0.579. The van der Waals surface area contributed by atoms with E-state index in [1.165, 1.54) is 12.2 Å². The van der Waals surface area contributed by atoms with E-state index in [0.717, 1.165) is 18.4 Å². The molecule has 22 heavy (non-hydrogen) atoms. The molecule has 0 amide bonds. The van der Waals surface area contributed by atoms with Crippen molar-refractivity contribution >= 4 is 27.2 Å². The van der Waals surface area contributed by atoms with Gasteiger partial charge in [0, 0.05) is 13.5 Å². The highest BCUT2D eigenvalue weighted by molar-refractivity contribution is 7.88. The van der Waals surface area contributed by atoms with E-state index < -0.39 is 15.1 Å². The maximum Gasteiger partial charge on any atom is 0.301 e. The summed E-state index contributed by atoms with van der Waals surface area (Å²) in [6.45, 7) is 1.96. The lowest BCUT2D eigenvalue weighted by atomic mass is 10.00. The average Bonchev–Trinajstić information content (AvgIpc) is 2.47. The molecule has 1 aliphatic rings. The first-order valence-electron chi connectivity index (χ1n) is 6.47. The molecule has 1 unspecified atom stereocenters. The van der Waals surface area contributed by atoms with Crippen LogP contribution in [0.5, 0.6) is 0 Å². The molecule has 0 radical (unpaired) electrons. The number of hydrogen-bond donors (Lipinski definition) is 3. The van der Waals surface area contributed by atoms with E-state index in [4.69, 9.17) is 10.1 Å². The third kappa shape index (κ3) is 3.08. The summed E-state index contributed by atoms with van der Waals surface area (Å²) in [6.07, 6.45) is 2.50. The van der Waals surface area contributed by atoms with Crippen LogP contribution in [-0.4, -0.2) is 36.4 Å². The minimum Gasteiger partial charge on any atom is -0.355 e. The highest BCUT2D eigenvalue weighted by atomic mass is 32.2. The molecule has 1 aromatic carbocycles. The van der Waals surface area contributed by atoms with Crippen LogP contribution in [0.4, 0.5) is 5.69 Å².